The minimum absolute atomic E-state index is 0.389. The lowest BCUT2D eigenvalue weighted by molar-refractivity contribution is 0.824. The van der Waals surface area contributed by atoms with Gasteiger partial charge in [0.25, 0.3) is 0 Å². The molecular formula is C17H22N6. The normalized spacial score (nSPS) is 10.2. The van der Waals surface area contributed by atoms with Gasteiger partial charge in [0.05, 0.1) is 11.9 Å². The van der Waals surface area contributed by atoms with E-state index in [1.54, 1.807) is 18.3 Å². The highest BCUT2D eigenvalue weighted by Gasteiger charge is 2.09. The van der Waals surface area contributed by atoms with Crippen LogP contribution >= 0.6 is 0 Å². The maximum Gasteiger partial charge on any atom is 0.229 e. The van der Waals surface area contributed by atoms with E-state index < -0.39 is 0 Å². The molecule has 0 aliphatic heterocycles. The number of nitrogens with one attached hydrogen (secondary N) is 1. The quantitative estimate of drug-likeness (QED) is 0.845. The second-order valence-corrected chi connectivity index (χ2v) is 5.13. The molecule has 0 aliphatic carbocycles. The Morgan fingerprint density at radius 2 is 1.96 bits per heavy atom. The Kier molecular flexibility index (Phi) is 5.87. The molecule has 0 bridgehead atoms. The molecule has 0 atom stereocenters. The number of nitrogens with zero attached hydrogens (tertiary/aromatic N) is 5. The number of pyridine rings is 1. The molecule has 0 amide bonds. The van der Waals surface area contributed by atoms with Crippen LogP contribution in [0.25, 0.3) is 0 Å². The number of aryl methyl sites for hydroxylation is 1. The average Bonchev–Trinajstić information content (AvgIpc) is 2.57. The summed E-state index contributed by atoms with van der Waals surface area (Å²) in [6.07, 6.45) is 3.56. The predicted octanol–water partition coefficient (Wildman–Crippen LogP) is 3.29. The van der Waals surface area contributed by atoms with E-state index in [-0.39, 0.29) is 0 Å². The Balaban J connectivity index is 2.30. The smallest absolute Gasteiger partial charge is 0.229 e. The Bertz CT molecular complexity index is 670. The van der Waals surface area contributed by atoms with Gasteiger partial charge in [-0.1, -0.05) is 13.3 Å². The SMILES string of the molecule is CCCc1cc(N(CC)CC)nc(Nc2ccc(C#N)nc2)n1. The molecule has 2 heterocycles. The first-order valence-electron chi connectivity index (χ1n) is 7.96. The van der Waals surface area contributed by atoms with Gasteiger partial charge in [-0.05, 0) is 32.4 Å². The van der Waals surface area contributed by atoms with Crippen molar-refractivity contribution in [2.45, 2.75) is 33.6 Å². The van der Waals surface area contributed by atoms with E-state index in [1.165, 1.54) is 0 Å². The van der Waals surface area contributed by atoms with Crippen molar-refractivity contribution in [2.24, 2.45) is 0 Å². The summed E-state index contributed by atoms with van der Waals surface area (Å²) in [6, 6.07) is 7.53. The molecule has 0 fully saturated rings. The summed E-state index contributed by atoms with van der Waals surface area (Å²) in [7, 11) is 0. The highest BCUT2D eigenvalue weighted by Crippen LogP contribution is 2.19. The molecule has 0 spiro atoms. The molecular weight excluding hydrogens is 288 g/mol. The van der Waals surface area contributed by atoms with Crippen LogP contribution in [0, 0.1) is 11.3 Å². The topological polar surface area (TPSA) is 77.7 Å². The fraction of sp³-hybridized carbons (Fsp3) is 0.412. The molecule has 2 aromatic rings. The van der Waals surface area contributed by atoms with Gasteiger partial charge < -0.3 is 10.2 Å². The highest BCUT2D eigenvalue weighted by atomic mass is 15.2. The molecule has 2 rings (SSSR count). The molecule has 2 aromatic heterocycles. The largest absolute Gasteiger partial charge is 0.357 e. The molecule has 1 N–H and O–H groups in total. The number of aromatic nitrogens is 3. The van der Waals surface area contributed by atoms with Crippen molar-refractivity contribution in [3.63, 3.8) is 0 Å². The zero-order valence-electron chi connectivity index (χ0n) is 13.9. The van der Waals surface area contributed by atoms with E-state index in [0.717, 1.165) is 43.1 Å². The van der Waals surface area contributed by atoms with Crippen molar-refractivity contribution in [3.05, 3.63) is 35.8 Å². The van der Waals surface area contributed by atoms with Gasteiger partial charge in [-0.15, -0.1) is 0 Å². The Morgan fingerprint density at radius 1 is 1.17 bits per heavy atom. The van der Waals surface area contributed by atoms with Crippen molar-refractivity contribution >= 4 is 17.5 Å². The second-order valence-electron chi connectivity index (χ2n) is 5.13. The summed E-state index contributed by atoms with van der Waals surface area (Å²) in [5.74, 6) is 1.49. The minimum atomic E-state index is 0.389. The zero-order valence-corrected chi connectivity index (χ0v) is 13.9. The number of anilines is 3. The number of hydrogen-bond acceptors (Lipinski definition) is 6. The third-order valence-electron chi connectivity index (χ3n) is 3.49. The molecule has 0 radical (unpaired) electrons. The Hall–Kier alpha value is -2.68. The maximum atomic E-state index is 8.80. The fourth-order valence-electron chi connectivity index (χ4n) is 2.30. The van der Waals surface area contributed by atoms with Crippen molar-refractivity contribution in [2.75, 3.05) is 23.3 Å². The van der Waals surface area contributed by atoms with Crippen LogP contribution in [0.2, 0.25) is 0 Å². The summed E-state index contributed by atoms with van der Waals surface area (Å²) in [4.78, 5) is 15.4. The monoisotopic (exact) mass is 310 g/mol. The summed E-state index contributed by atoms with van der Waals surface area (Å²) in [6.45, 7) is 8.16. The van der Waals surface area contributed by atoms with Crippen molar-refractivity contribution < 1.29 is 0 Å². The third-order valence-corrected chi connectivity index (χ3v) is 3.49. The molecule has 0 saturated carbocycles. The number of rotatable bonds is 7. The third kappa shape index (κ3) is 4.39. The summed E-state index contributed by atoms with van der Waals surface area (Å²) in [5.41, 5.74) is 2.18. The Morgan fingerprint density at radius 3 is 2.52 bits per heavy atom. The van der Waals surface area contributed by atoms with Crippen LogP contribution in [0.15, 0.2) is 24.4 Å². The lowest BCUT2D eigenvalue weighted by Crippen LogP contribution is -2.23. The van der Waals surface area contributed by atoms with Crippen LogP contribution in [0.1, 0.15) is 38.6 Å². The van der Waals surface area contributed by atoms with E-state index in [2.05, 4.69) is 52.0 Å². The molecule has 0 saturated heterocycles. The van der Waals surface area contributed by atoms with Crippen molar-refractivity contribution in [1.82, 2.24) is 15.0 Å². The first-order chi connectivity index (χ1) is 11.2. The minimum Gasteiger partial charge on any atom is -0.357 e. The molecule has 23 heavy (non-hydrogen) atoms. The van der Waals surface area contributed by atoms with E-state index in [0.29, 0.717) is 11.6 Å². The lowest BCUT2D eigenvalue weighted by Gasteiger charge is -2.21. The Labute approximate surface area is 137 Å². The first-order valence-corrected chi connectivity index (χ1v) is 7.96. The summed E-state index contributed by atoms with van der Waals surface area (Å²) < 4.78 is 0. The van der Waals surface area contributed by atoms with Crippen LogP contribution < -0.4 is 10.2 Å². The van der Waals surface area contributed by atoms with Gasteiger partial charge in [-0.25, -0.2) is 9.97 Å². The van der Waals surface area contributed by atoms with Gasteiger partial charge in [0.2, 0.25) is 5.95 Å². The summed E-state index contributed by atoms with van der Waals surface area (Å²) >= 11 is 0. The van der Waals surface area contributed by atoms with E-state index in [1.807, 2.05) is 6.07 Å². The maximum absolute atomic E-state index is 8.80. The number of nitriles is 1. The highest BCUT2D eigenvalue weighted by molar-refractivity contribution is 5.55. The molecule has 120 valence electrons. The fourth-order valence-corrected chi connectivity index (χ4v) is 2.30. The van der Waals surface area contributed by atoms with Gasteiger partial charge in [-0.3, -0.25) is 0 Å². The predicted molar refractivity (Wildman–Crippen MR) is 91.8 cm³/mol. The lowest BCUT2D eigenvalue weighted by atomic mass is 10.2. The standard InChI is InChI=1S/C17H22N6/c1-4-7-13-10-16(23(5-2)6-3)22-17(20-13)21-15-9-8-14(11-18)19-12-15/h8-10,12H,4-7H2,1-3H3,(H,20,21,22). The van der Waals surface area contributed by atoms with Gasteiger partial charge in [0, 0.05) is 24.8 Å². The first kappa shape index (κ1) is 16.7. The van der Waals surface area contributed by atoms with Crippen LogP contribution in [0.3, 0.4) is 0 Å². The van der Waals surface area contributed by atoms with Gasteiger partial charge in [-0.2, -0.15) is 10.2 Å². The molecule has 0 unspecified atom stereocenters. The van der Waals surface area contributed by atoms with Gasteiger partial charge in [0.1, 0.15) is 17.6 Å². The average molecular weight is 310 g/mol. The molecule has 0 aliphatic rings. The van der Waals surface area contributed by atoms with E-state index >= 15 is 0 Å². The second kappa shape index (κ2) is 8.08. The molecule has 0 aromatic carbocycles. The number of hydrogen-bond donors (Lipinski definition) is 1. The van der Waals surface area contributed by atoms with Crippen molar-refractivity contribution in [3.8, 4) is 6.07 Å². The summed E-state index contributed by atoms with van der Waals surface area (Å²) in [5, 5.41) is 12.0. The van der Waals surface area contributed by atoms with Gasteiger partial charge >= 0.3 is 0 Å². The van der Waals surface area contributed by atoms with Crippen LogP contribution in [0.5, 0.6) is 0 Å². The van der Waals surface area contributed by atoms with Crippen molar-refractivity contribution in [1.29, 1.82) is 5.26 Å². The van der Waals surface area contributed by atoms with Crippen LogP contribution in [0.4, 0.5) is 17.5 Å². The zero-order chi connectivity index (χ0) is 16.7. The molecule has 6 nitrogen and oxygen atoms in total. The van der Waals surface area contributed by atoms with E-state index in [4.69, 9.17) is 5.26 Å². The molecule has 6 heteroatoms. The van der Waals surface area contributed by atoms with Crippen LogP contribution in [-0.4, -0.2) is 28.0 Å². The van der Waals surface area contributed by atoms with E-state index in [9.17, 15) is 0 Å². The van der Waals surface area contributed by atoms with Gasteiger partial charge in [0.15, 0.2) is 0 Å². The van der Waals surface area contributed by atoms with Crippen LogP contribution in [-0.2, 0) is 6.42 Å².